The maximum atomic E-state index is 11.6. The number of carbonyl (C=O) groups excluding carboxylic acids is 1. The molecule has 0 fully saturated rings. The lowest BCUT2D eigenvalue weighted by atomic mass is 10.4. The van der Waals surface area contributed by atoms with Gasteiger partial charge in [0.15, 0.2) is 6.54 Å². The Morgan fingerprint density at radius 1 is 1.46 bits per heavy atom. The van der Waals surface area contributed by atoms with Gasteiger partial charge in [-0.25, -0.2) is 9.59 Å². The lowest BCUT2D eigenvalue weighted by molar-refractivity contribution is -0.883. The van der Waals surface area contributed by atoms with Crippen molar-refractivity contribution in [2.45, 2.75) is 0 Å². The van der Waals surface area contributed by atoms with Crippen LogP contribution in [0.25, 0.3) is 0 Å². The van der Waals surface area contributed by atoms with Crippen molar-refractivity contribution in [3.8, 4) is 0 Å². The van der Waals surface area contributed by atoms with E-state index in [9.17, 15) is 14.0 Å². The third-order valence-electron chi connectivity index (χ3n) is 1.48. The number of aliphatic carboxylic acids is 1. The summed E-state index contributed by atoms with van der Waals surface area (Å²) >= 11 is 0. The first-order chi connectivity index (χ1) is 5.83. The van der Waals surface area contributed by atoms with Gasteiger partial charge in [0.25, 0.3) is 0 Å². The van der Waals surface area contributed by atoms with E-state index in [0.717, 1.165) is 0 Å². The Morgan fingerprint density at radius 3 is 2.38 bits per heavy atom. The molecule has 0 rings (SSSR count). The molecule has 0 unspecified atom stereocenters. The van der Waals surface area contributed by atoms with Gasteiger partial charge in [0, 0.05) is 0 Å². The topological polar surface area (TPSA) is 63.6 Å². The van der Waals surface area contributed by atoms with E-state index in [1.54, 1.807) is 14.1 Å². The van der Waals surface area contributed by atoms with Crippen molar-refractivity contribution in [1.29, 1.82) is 0 Å². The highest BCUT2D eigenvalue weighted by atomic mass is 19.1. The van der Waals surface area contributed by atoms with Crippen LogP contribution in [0.3, 0.4) is 0 Å². The van der Waals surface area contributed by atoms with Crippen molar-refractivity contribution in [2.24, 2.45) is 0 Å². The minimum absolute atomic E-state index is 0.0934. The number of quaternary nitrogens is 1. The highest BCUT2D eigenvalue weighted by Gasteiger charge is 2.19. The maximum Gasteiger partial charge on any atom is 0.495 e. The Morgan fingerprint density at radius 2 is 2.00 bits per heavy atom. The summed E-state index contributed by atoms with van der Waals surface area (Å²) in [5, 5.41) is 8.46. The van der Waals surface area contributed by atoms with Gasteiger partial charge in [0.05, 0.1) is 14.1 Å². The Bertz CT molecular complexity index is 205. The van der Waals surface area contributed by atoms with Crippen LogP contribution in [-0.4, -0.2) is 55.6 Å². The van der Waals surface area contributed by atoms with E-state index in [0.29, 0.717) is 0 Å². The molecule has 76 valence electrons. The Balaban J connectivity index is 3.75. The largest absolute Gasteiger partial charge is 0.495 e. The minimum Gasteiger partial charge on any atom is -0.477 e. The van der Waals surface area contributed by atoms with E-state index in [4.69, 9.17) is 5.11 Å². The first kappa shape index (κ1) is 11.8. The first-order valence-corrected chi connectivity index (χ1v) is 3.69. The molecule has 0 bridgehead atoms. The third-order valence-corrected chi connectivity index (χ3v) is 1.48. The Hall–Kier alpha value is -1.17. The number of rotatable bonds is 5. The predicted octanol–water partition coefficient (Wildman–Crippen LogP) is 0.254. The lowest BCUT2D eigenvalue weighted by Crippen LogP contribution is -2.46. The van der Waals surface area contributed by atoms with Gasteiger partial charge in [0.2, 0.25) is 0 Å². The van der Waals surface area contributed by atoms with Crippen LogP contribution in [-0.2, 0) is 9.53 Å². The molecule has 0 saturated heterocycles. The number of carboxylic acid groups (broad SMARTS) is 1. The van der Waals surface area contributed by atoms with Crippen LogP contribution in [0.1, 0.15) is 0 Å². The molecule has 0 spiro atoms. The summed E-state index contributed by atoms with van der Waals surface area (Å²) in [5.74, 6) is -0.948. The molecule has 0 aromatic heterocycles. The van der Waals surface area contributed by atoms with Crippen molar-refractivity contribution in [2.75, 3.05) is 33.8 Å². The molecule has 0 aliphatic carbocycles. The summed E-state index contributed by atoms with van der Waals surface area (Å²) in [7, 11) is 3.31. The molecular formula is C7H13FNO4+. The van der Waals surface area contributed by atoms with Crippen LogP contribution in [0.2, 0.25) is 0 Å². The lowest BCUT2D eigenvalue weighted by Gasteiger charge is -2.26. The molecular weight excluding hydrogens is 181 g/mol. The van der Waals surface area contributed by atoms with Gasteiger partial charge in [-0.3, -0.25) is 0 Å². The summed E-state index contributed by atoms with van der Waals surface area (Å²) in [6.07, 6.45) is -1.84. The quantitative estimate of drug-likeness (QED) is 0.503. The monoisotopic (exact) mass is 194 g/mol. The highest BCUT2D eigenvalue weighted by Crippen LogP contribution is 1.96. The molecule has 5 nitrogen and oxygen atoms in total. The van der Waals surface area contributed by atoms with Gasteiger partial charge in [-0.15, -0.1) is 4.39 Å². The molecule has 0 heterocycles. The van der Waals surface area contributed by atoms with Gasteiger partial charge in [-0.2, -0.15) is 0 Å². The van der Waals surface area contributed by atoms with Crippen molar-refractivity contribution >= 4 is 12.2 Å². The Kier molecular flexibility index (Phi) is 4.33. The SMILES string of the molecule is C[N+](C)(CCOC(=O)F)CC(=O)O. The zero-order valence-corrected chi connectivity index (χ0v) is 7.62. The van der Waals surface area contributed by atoms with E-state index in [2.05, 4.69) is 4.74 Å². The fraction of sp³-hybridized carbons (Fsp3) is 0.714. The summed E-state index contributed by atoms with van der Waals surface area (Å²) < 4.78 is 15.7. The minimum atomic E-state index is -1.84. The summed E-state index contributed by atoms with van der Waals surface area (Å²) in [6.45, 7) is 0.0570. The molecule has 13 heavy (non-hydrogen) atoms. The maximum absolute atomic E-state index is 11.6. The average Bonchev–Trinajstić information content (AvgIpc) is 1.81. The Labute approximate surface area is 75.3 Å². The van der Waals surface area contributed by atoms with Crippen molar-refractivity contribution < 1.29 is 28.3 Å². The third kappa shape index (κ3) is 7.20. The van der Waals surface area contributed by atoms with E-state index < -0.39 is 12.2 Å². The van der Waals surface area contributed by atoms with Crippen molar-refractivity contribution in [3.05, 3.63) is 0 Å². The van der Waals surface area contributed by atoms with E-state index in [1.165, 1.54) is 0 Å². The van der Waals surface area contributed by atoms with Gasteiger partial charge >= 0.3 is 12.2 Å². The summed E-state index contributed by atoms with van der Waals surface area (Å²) in [5.41, 5.74) is 0. The number of hydrogen-bond donors (Lipinski definition) is 1. The van der Waals surface area contributed by atoms with Crippen LogP contribution in [0.5, 0.6) is 0 Å². The zero-order chi connectivity index (χ0) is 10.5. The van der Waals surface area contributed by atoms with Crippen molar-refractivity contribution in [1.82, 2.24) is 0 Å². The van der Waals surface area contributed by atoms with E-state index in [-0.39, 0.29) is 24.2 Å². The molecule has 0 saturated carbocycles. The summed E-state index contributed by atoms with van der Waals surface area (Å²) in [6, 6.07) is 0. The molecule has 6 heteroatoms. The molecule has 1 N–H and O–H groups in total. The molecule has 0 atom stereocenters. The zero-order valence-electron chi connectivity index (χ0n) is 7.62. The normalized spacial score (nSPS) is 11.0. The van der Waals surface area contributed by atoms with Crippen LogP contribution >= 0.6 is 0 Å². The molecule has 0 radical (unpaired) electrons. The van der Waals surface area contributed by atoms with Crippen LogP contribution in [0.4, 0.5) is 9.18 Å². The molecule has 0 aliphatic heterocycles. The second-order valence-electron chi connectivity index (χ2n) is 3.30. The van der Waals surface area contributed by atoms with E-state index in [1.807, 2.05) is 0 Å². The number of likely N-dealkylation sites (N-methyl/N-ethyl adjacent to an activating group) is 1. The summed E-state index contributed by atoms with van der Waals surface area (Å²) in [4.78, 5) is 20.1. The average molecular weight is 194 g/mol. The number of carbonyl (C=O) groups is 2. The standard InChI is InChI=1S/C7H12FNO4/c1-9(2,5-6(10)11)3-4-13-7(8)12/h3-5H2,1-2H3/p+1. The predicted molar refractivity (Wildman–Crippen MR) is 41.9 cm³/mol. The number of nitrogens with zero attached hydrogens (tertiary/aromatic N) is 1. The molecule has 0 amide bonds. The van der Waals surface area contributed by atoms with E-state index >= 15 is 0 Å². The second kappa shape index (κ2) is 4.76. The molecule has 0 aromatic rings. The fourth-order valence-corrected chi connectivity index (χ4v) is 0.818. The van der Waals surface area contributed by atoms with Crippen LogP contribution in [0.15, 0.2) is 0 Å². The highest BCUT2D eigenvalue weighted by molar-refractivity contribution is 5.67. The first-order valence-electron chi connectivity index (χ1n) is 3.69. The number of halogens is 1. The molecule has 0 aliphatic rings. The molecule has 0 aromatic carbocycles. The number of carboxylic acids is 1. The number of ether oxygens (including phenoxy) is 1. The van der Waals surface area contributed by atoms with Crippen LogP contribution < -0.4 is 0 Å². The number of hydrogen-bond acceptors (Lipinski definition) is 3. The van der Waals surface area contributed by atoms with Crippen molar-refractivity contribution in [3.63, 3.8) is 0 Å². The smallest absolute Gasteiger partial charge is 0.477 e. The van der Waals surface area contributed by atoms with Gasteiger partial charge in [0.1, 0.15) is 13.2 Å². The fourth-order valence-electron chi connectivity index (χ4n) is 0.818. The van der Waals surface area contributed by atoms with Gasteiger partial charge in [-0.05, 0) is 0 Å². The van der Waals surface area contributed by atoms with Gasteiger partial charge < -0.3 is 14.3 Å². The van der Waals surface area contributed by atoms with Gasteiger partial charge in [-0.1, -0.05) is 0 Å². The van der Waals surface area contributed by atoms with Crippen LogP contribution in [0, 0.1) is 0 Å². The second-order valence-corrected chi connectivity index (χ2v) is 3.30.